The summed E-state index contributed by atoms with van der Waals surface area (Å²) in [6, 6.07) is 12.5. The molecule has 0 aliphatic carbocycles. The Morgan fingerprint density at radius 2 is 2.14 bits per heavy atom. The van der Waals surface area contributed by atoms with Crippen LogP contribution in [0.5, 0.6) is 11.5 Å². The molecule has 1 amide bonds. The first-order valence-corrected chi connectivity index (χ1v) is 7.43. The largest absolute Gasteiger partial charge is 0.496 e. The fourth-order valence-electron chi connectivity index (χ4n) is 2.58. The highest BCUT2D eigenvalue weighted by molar-refractivity contribution is 6.30. The first kappa shape index (κ1) is 14.7. The predicted molar refractivity (Wildman–Crippen MR) is 84.8 cm³/mol. The van der Waals surface area contributed by atoms with Crippen LogP contribution in [0.2, 0.25) is 5.02 Å². The molecule has 0 spiro atoms. The van der Waals surface area contributed by atoms with E-state index in [2.05, 4.69) is 5.32 Å². The van der Waals surface area contributed by atoms with Gasteiger partial charge in [0.1, 0.15) is 11.5 Å². The second-order valence-corrected chi connectivity index (χ2v) is 5.48. The molecule has 1 atom stereocenters. The molecule has 0 saturated heterocycles. The van der Waals surface area contributed by atoms with Gasteiger partial charge in [-0.05, 0) is 30.3 Å². The lowest BCUT2D eigenvalue weighted by atomic mass is 10.00. The van der Waals surface area contributed by atoms with Gasteiger partial charge in [-0.15, -0.1) is 0 Å². The molecule has 2 aromatic carbocycles. The van der Waals surface area contributed by atoms with Crippen LogP contribution >= 0.6 is 11.6 Å². The number of para-hydroxylation sites is 1. The topological polar surface area (TPSA) is 47.6 Å². The van der Waals surface area contributed by atoms with Crippen molar-refractivity contribution in [2.75, 3.05) is 13.7 Å². The lowest BCUT2D eigenvalue weighted by Gasteiger charge is -2.27. The van der Waals surface area contributed by atoms with Crippen molar-refractivity contribution < 1.29 is 14.3 Å². The average molecular weight is 318 g/mol. The van der Waals surface area contributed by atoms with E-state index in [-0.39, 0.29) is 11.9 Å². The SMILES string of the molecule is COc1ccccc1C(=O)NC1CCOc2ccc(Cl)cc21. The molecular weight excluding hydrogens is 302 g/mol. The lowest BCUT2D eigenvalue weighted by molar-refractivity contribution is 0.0922. The van der Waals surface area contributed by atoms with Crippen molar-refractivity contribution in [1.82, 2.24) is 5.32 Å². The van der Waals surface area contributed by atoms with Gasteiger partial charge in [0.05, 0.1) is 25.3 Å². The standard InChI is InChI=1S/C17H16ClNO3/c1-21-15-5-3-2-4-12(15)17(20)19-14-8-9-22-16-7-6-11(18)10-13(14)16/h2-7,10,14H,8-9H2,1H3,(H,19,20). The van der Waals surface area contributed by atoms with Crippen molar-refractivity contribution in [1.29, 1.82) is 0 Å². The lowest BCUT2D eigenvalue weighted by Crippen LogP contribution is -2.32. The molecule has 0 bridgehead atoms. The molecule has 1 aliphatic heterocycles. The van der Waals surface area contributed by atoms with Crippen LogP contribution in [-0.4, -0.2) is 19.6 Å². The summed E-state index contributed by atoms with van der Waals surface area (Å²) < 4.78 is 10.8. The van der Waals surface area contributed by atoms with Gasteiger partial charge in [-0.25, -0.2) is 0 Å². The predicted octanol–water partition coefficient (Wildman–Crippen LogP) is 3.60. The van der Waals surface area contributed by atoms with Gasteiger partial charge >= 0.3 is 0 Å². The molecule has 0 fully saturated rings. The van der Waals surface area contributed by atoms with E-state index in [1.165, 1.54) is 0 Å². The molecule has 1 aliphatic rings. The summed E-state index contributed by atoms with van der Waals surface area (Å²) in [5, 5.41) is 3.66. The van der Waals surface area contributed by atoms with Crippen molar-refractivity contribution in [3.8, 4) is 11.5 Å². The maximum atomic E-state index is 12.5. The van der Waals surface area contributed by atoms with Crippen LogP contribution in [0.4, 0.5) is 0 Å². The molecular formula is C17H16ClNO3. The molecule has 3 rings (SSSR count). The second kappa shape index (κ2) is 6.28. The van der Waals surface area contributed by atoms with Gasteiger partial charge in [0, 0.05) is 17.0 Å². The molecule has 0 radical (unpaired) electrons. The van der Waals surface area contributed by atoms with Gasteiger partial charge in [0.15, 0.2) is 0 Å². The number of hydrogen-bond donors (Lipinski definition) is 1. The van der Waals surface area contributed by atoms with E-state index < -0.39 is 0 Å². The van der Waals surface area contributed by atoms with E-state index in [9.17, 15) is 4.79 Å². The summed E-state index contributed by atoms with van der Waals surface area (Å²) >= 11 is 6.05. The molecule has 2 aromatic rings. The number of carbonyl (C=O) groups is 1. The number of nitrogens with one attached hydrogen (secondary N) is 1. The van der Waals surface area contributed by atoms with Crippen LogP contribution in [0.1, 0.15) is 28.4 Å². The number of methoxy groups -OCH3 is 1. The summed E-state index contributed by atoms with van der Waals surface area (Å²) in [5.41, 5.74) is 1.42. The molecule has 22 heavy (non-hydrogen) atoms. The maximum Gasteiger partial charge on any atom is 0.255 e. The number of halogens is 1. The van der Waals surface area contributed by atoms with Crippen molar-refractivity contribution in [3.05, 3.63) is 58.6 Å². The number of benzene rings is 2. The molecule has 0 aromatic heterocycles. The van der Waals surface area contributed by atoms with E-state index in [4.69, 9.17) is 21.1 Å². The third-order valence-corrected chi connectivity index (χ3v) is 3.90. The van der Waals surface area contributed by atoms with Gasteiger partial charge in [-0.3, -0.25) is 4.79 Å². The van der Waals surface area contributed by atoms with Crippen LogP contribution in [0.3, 0.4) is 0 Å². The van der Waals surface area contributed by atoms with E-state index >= 15 is 0 Å². The third kappa shape index (κ3) is 2.88. The van der Waals surface area contributed by atoms with Gasteiger partial charge in [-0.1, -0.05) is 23.7 Å². The summed E-state index contributed by atoms with van der Waals surface area (Å²) in [4.78, 5) is 12.5. The van der Waals surface area contributed by atoms with Crippen molar-refractivity contribution in [2.24, 2.45) is 0 Å². The number of ether oxygens (including phenoxy) is 2. The smallest absolute Gasteiger partial charge is 0.255 e. The molecule has 4 nitrogen and oxygen atoms in total. The summed E-state index contributed by atoms with van der Waals surface area (Å²) in [5.74, 6) is 1.15. The third-order valence-electron chi connectivity index (χ3n) is 3.67. The summed E-state index contributed by atoms with van der Waals surface area (Å²) in [6.45, 7) is 0.561. The fourth-order valence-corrected chi connectivity index (χ4v) is 2.76. The zero-order valence-electron chi connectivity index (χ0n) is 12.1. The number of amides is 1. The minimum Gasteiger partial charge on any atom is -0.496 e. The monoisotopic (exact) mass is 317 g/mol. The molecule has 114 valence electrons. The Hall–Kier alpha value is -2.20. The maximum absolute atomic E-state index is 12.5. The highest BCUT2D eigenvalue weighted by Gasteiger charge is 2.24. The Morgan fingerprint density at radius 3 is 2.95 bits per heavy atom. The highest BCUT2D eigenvalue weighted by Crippen LogP contribution is 2.34. The van der Waals surface area contributed by atoms with E-state index in [0.717, 1.165) is 11.3 Å². The van der Waals surface area contributed by atoms with Crippen LogP contribution in [-0.2, 0) is 0 Å². The summed E-state index contributed by atoms with van der Waals surface area (Å²) in [7, 11) is 1.55. The van der Waals surface area contributed by atoms with Gasteiger partial charge in [0.2, 0.25) is 0 Å². The van der Waals surface area contributed by atoms with Gasteiger partial charge < -0.3 is 14.8 Å². The Kier molecular flexibility index (Phi) is 4.20. The zero-order chi connectivity index (χ0) is 15.5. The number of fused-ring (bicyclic) bond motifs is 1. The number of rotatable bonds is 3. The summed E-state index contributed by atoms with van der Waals surface area (Å²) in [6.07, 6.45) is 0.703. The number of hydrogen-bond acceptors (Lipinski definition) is 3. The first-order valence-electron chi connectivity index (χ1n) is 7.05. The van der Waals surface area contributed by atoms with Gasteiger partial charge in [0.25, 0.3) is 5.91 Å². The van der Waals surface area contributed by atoms with Crippen LogP contribution in [0, 0.1) is 0 Å². The Labute approximate surface area is 134 Å². The fraction of sp³-hybridized carbons (Fsp3) is 0.235. The van der Waals surface area contributed by atoms with Crippen LogP contribution in [0.15, 0.2) is 42.5 Å². The van der Waals surface area contributed by atoms with Gasteiger partial charge in [-0.2, -0.15) is 0 Å². The normalized spacial score (nSPS) is 16.4. The van der Waals surface area contributed by atoms with E-state index in [0.29, 0.717) is 29.4 Å². The van der Waals surface area contributed by atoms with E-state index in [1.807, 2.05) is 24.3 Å². The first-order chi connectivity index (χ1) is 10.7. The van der Waals surface area contributed by atoms with Crippen molar-refractivity contribution >= 4 is 17.5 Å². The zero-order valence-corrected chi connectivity index (χ0v) is 12.9. The van der Waals surface area contributed by atoms with E-state index in [1.54, 1.807) is 25.3 Å². The molecule has 1 unspecified atom stereocenters. The highest BCUT2D eigenvalue weighted by atomic mass is 35.5. The second-order valence-electron chi connectivity index (χ2n) is 5.05. The van der Waals surface area contributed by atoms with Crippen molar-refractivity contribution in [2.45, 2.75) is 12.5 Å². The minimum absolute atomic E-state index is 0.125. The molecule has 0 saturated carbocycles. The quantitative estimate of drug-likeness (QED) is 0.941. The molecule has 1 heterocycles. The average Bonchev–Trinajstić information content (AvgIpc) is 2.55. The molecule has 1 N–H and O–H groups in total. The minimum atomic E-state index is -0.171. The van der Waals surface area contributed by atoms with Crippen LogP contribution < -0.4 is 14.8 Å². The number of carbonyl (C=O) groups excluding carboxylic acids is 1. The Balaban J connectivity index is 1.85. The van der Waals surface area contributed by atoms with Crippen LogP contribution in [0.25, 0.3) is 0 Å². The molecule has 5 heteroatoms. The Morgan fingerprint density at radius 1 is 1.32 bits per heavy atom. The Bertz CT molecular complexity index is 702. The van der Waals surface area contributed by atoms with Crippen molar-refractivity contribution in [3.63, 3.8) is 0 Å².